The van der Waals surface area contributed by atoms with E-state index in [4.69, 9.17) is 27.9 Å². The summed E-state index contributed by atoms with van der Waals surface area (Å²) in [6.07, 6.45) is 4.46. The topological polar surface area (TPSA) is 63.6 Å². The highest BCUT2D eigenvalue weighted by molar-refractivity contribution is 6.36. The molecule has 0 aliphatic heterocycles. The first-order valence-corrected chi connectivity index (χ1v) is 6.64. The number of hydrogen-bond donors (Lipinski definition) is 1. The van der Waals surface area contributed by atoms with Gasteiger partial charge in [0, 0.05) is 28.5 Å². The highest BCUT2D eigenvalue weighted by Gasteiger charge is 2.08. The number of pyridine rings is 1. The smallest absolute Gasteiger partial charge is 0.271 e. The minimum atomic E-state index is -0.347. The van der Waals surface area contributed by atoms with Crippen molar-refractivity contribution in [1.82, 2.24) is 10.4 Å². The number of hydrazone groups is 1. The molecule has 1 aromatic heterocycles. The quantitative estimate of drug-likeness (QED) is 0.694. The summed E-state index contributed by atoms with van der Waals surface area (Å²) in [6.45, 7) is 0. The van der Waals surface area contributed by atoms with Crippen LogP contribution in [0, 0.1) is 0 Å². The number of rotatable bonds is 4. The fourth-order valence-electron chi connectivity index (χ4n) is 1.62. The first kappa shape index (κ1) is 15.3. The zero-order valence-electron chi connectivity index (χ0n) is 11.0. The van der Waals surface area contributed by atoms with Crippen molar-refractivity contribution >= 4 is 35.3 Å². The van der Waals surface area contributed by atoms with Crippen molar-refractivity contribution < 1.29 is 9.53 Å². The molecule has 7 heteroatoms. The van der Waals surface area contributed by atoms with Crippen LogP contribution in [0.25, 0.3) is 0 Å². The molecule has 1 N–H and O–H groups in total. The van der Waals surface area contributed by atoms with Crippen molar-refractivity contribution in [2.45, 2.75) is 0 Å². The van der Waals surface area contributed by atoms with E-state index in [-0.39, 0.29) is 5.91 Å². The molecule has 108 valence electrons. The van der Waals surface area contributed by atoms with Gasteiger partial charge in [-0.2, -0.15) is 5.10 Å². The zero-order valence-corrected chi connectivity index (χ0v) is 12.5. The van der Waals surface area contributed by atoms with Gasteiger partial charge in [0.25, 0.3) is 5.91 Å². The number of carbonyl (C=O) groups is 1. The Kier molecular flexibility index (Phi) is 5.14. The van der Waals surface area contributed by atoms with E-state index < -0.39 is 0 Å². The number of halogens is 2. The summed E-state index contributed by atoms with van der Waals surface area (Å²) >= 11 is 11.9. The van der Waals surface area contributed by atoms with Gasteiger partial charge in [0.05, 0.1) is 18.3 Å². The summed E-state index contributed by atoms with van der Waals surface area (Å²) in [6, 6.07) is 6.37. The van der Waals surface area contributed by atoms with Gasteiger partial charge in [0.1, 0.15) is 5.75 Å². The molecule has 5 nitrogen and oxygen atoms in total. The molecule has 0 aliphatic carbocycles. The van der Waals surface area contributed by atoms with E-state index in [0.29, 0.717) is 26.9 Å². The molecule has 21 heavy (non-hydrogen) atoms. The lowest BCUT2D eigenvalue weighted by atomic mass is 10.2. The van der Waals surface area contributed by atoms with Crippen molar-refractivity contribution in [3.8, 4) is 5.75 Å². The highest BCUT2D eigenvalue weighted by Crippen LogP contribution is 2.30. The fraction of sp³-hybridized carbons (Fsp3) is 0.0714. The molecule has 0 saturated carbocycles. The summed E-state index contributed by atoms with van der Waals surface area (Å²) < 4.78 is 5.17. The molecule has 0 radical (unpaired) electrons. The maximum Gasteiger partial charge on any atom is 0.271 e. The van der Waals surface area contributed by atoms with Crippen LogP contribution in [0.4, 0.5) is 0 Å². The number of amides is 1. The summed E-state index contributed by atoms with van der Waals surface area (Å²) in [4.78, 5) is 15.6. The van der Waals surface area contributed by atoms with Gasteiger partial charge in [-0.3, -0.25) is 9.78 Å². The SMILES string of the molecule is COc1c(Cl)cc(Cl)cc1/C=N/NC(=O)c1ccncc1. The predicted octanol–water partition coefficient (Wildman–Crippen LogP) is 3.16. The molecule has 2 rings (SSSR count). The molecule has 0 bridgehead atoms. The third kappa shape index (κ3) is 3.93. The van der Waals surface area contributed by atoms with E-state index in [2.05, 4.69) is 15.5 Å². The number of aromatic nitrogens is 1. The van der Waals surface area contributed by atoms with Gasteiger partial charge >= 0.3 is 0 Å². The molecule has 1 heterocycles. The summed E-state index contributed by atoms with van der Waals surface area (Å²) in [5, 5.41) is 4.68. The van der Waals surface area contributed by atoms with Crippen LogP contribution in [0.15, 0.2) is 41.8 Å². The Labute approximate surface area is 131 Å². The average Bonchev–Trinajstić information content (AvgIpc) is 2.47. The van der Waals surface area contributed by atoms with E-state index in [1.54, 1.807) is 24.3 Å². The van der Waals surface area contributed by atoms with Crippen molar-refractivity contribution in [1.29, 1.82) is 0 Å². The Hall–Kier alpha value is -2.11. The van der Waals surface area contributed by atoms with Crippen LogP contribution < -0.4 is 10.2 Å². The van der Waals surface area contributed by atoms with Crippen molar-refractivity contribution in [2.75, 3.05) is 7.11 Å². The monoisotopic (exact) mass is 323 g/mol. The molecule has 0 saturated heterocycles. The highest BCUT2D eigenvalue weighted by atomic mass is 35.5. The lowest BCUT2D eigenvalue weighted by Crippen LogP contribution is -2.17. The second-order valence-electron chi connectivity index (χ2n) is 3.95. The number of ether oxygens (including phenoxy) is 1. The Bertz CT molecular complexity index is 675. The van der Waals surface area contributed by atoms with Crippen LogP contribution in [0.2, 0.25) is 10.0 Å². The van der Waals surface area contributed by atoms with Gasteiger partial charge in [-0.25, -0.2) is 5.43 Å². The van der Waals surface area contributed by atoms with Gasteiger partial charge in [-0.15, -0.1) is 0 Å². The van der Waals surface area contributed by atoms with Gasteiger partial charge in [-0.1, -0.05) is 23.2 Å². The minimum absolute atomic E-state index is 0.347. The number of nitrogens with one attached hydrogen (secondary N) is 1. The average molecular weight is 324 g/mol. The molecule has 0 aliphatic rings. The van der Waals surface area contributed by atoms with Crippen LogP contribution >= 0.6 is 23.2 Å². The Morgan fingerprint density at radius 3 is 2.71 bits per heavy atom. The molecular formula is C14H11Cl2N3O2. The van der Waals surface area contributed by atoms with Crippen molar-refractivity contribution in [3.63, 3.8) is 0 Å². The van der Waals surface area contributed by atoms with Crippen LogP contribution in [0.3, 0.4) is 0 Å². The lowest BCUT2D eigenvalue weighted by molar-refractivity contribution is 0.0955. The molecule has 0 spiro atoms. The normalized spacial score (nSPS) is 10.6. The van der Waals surface area contributed by atoms with E-state index >= 15 is 0 Å². The lowest BCUT2D eigenvalue weighted by Gasteiger charge is -2.07. The van der Waals surface area contributed by atoms with Gasteiger partial charge in [0.2, 0.25) is 0 Å². The summed E-state index contributed by atoms with van der Waals surface area (Å²) in [5.74, 6) is 0.0868. The number of carbonyl (C=O) groups excluding carboxylic acids is 1. The summed E-state index contributed by atoms with van der Waals surface area (Å²) in [5.41, 5.74) is 3.42. The minimum Gasteiger partial charge on any atom is -0.495 e. The van der Waals surface area contributed by atoms with E-state index in [1.165, 1.54) is 25.7 Å². The first-order valence-electron chi connectivity index (χ1n) is 5.88. The van der Waals surface area contributed by atoms with E-state index in [1.807, 2.05) is 0 Å². The summed E-state index contributed by atoms with van der Waals surface area (Å²) in [7, 11) is 1.49. The maximum atomic E-state index is 11.8. The predicted molar refractivity (Wildman–Crippen MR) is 82.3 cm³/mol. The number of nitrogens with zero attached hydrogens (tertiary/aromatic N) is 2. The van der Waals surface area contributed by atoms with Gasteiger partial charge < -0.3 is 4.74 Å². The van der Waals surface area contributed by atoms with E-state index in [0.717, 1.165) is 0 Å². The third-order valence-corrected chi connectivity index (χ3v) is 3.05. The van der Waals surface area contributed by atoms with Crippen LogP contribution in [0.1, 0.15) is 15.9 Å². The Morgan fingerprint density at radius 1 is 1.33 bits per heavy atom. The van der Waals surface area contributed by atoms with Crippen LogP contribution in [-0.4, -0.2) is 24.2 Å². The third-order valence-electron chi connectivity index (χ3n) is 2.55. The van der Waals surface area contributed by atoms with Gasteiger partial charge in [-0.05, 0) is 24.3 Å². The molecule has 1 aromatic carbocycles. The second kappa shape index (κ2) is 7.06. The zero-order chi connectivity index (χ0) is 15.2. The standard InChI is InChI=1S/C14H11Cl2N3O2/c1-21-13-10(6-11(15)7-12(13)16)8-18-19-14(20)9-2-4-17-5-3-9/h2-8H,1H3,(H,19,20)/b18-8+. The van der Waals surface area contributed by atoms with E-state index in [9.17, 15) is 4.79 Å². The maximum absolute atomic E-state index is 11.8. The number of hydrogen-bond acceptors (Lipinski definition) is 4. The molecule has 0 fully saturated rings. The number of methoxy groups -OCH3 is 1. The van der Waals surface area contributed by atoms with Crippen LogP contribution in [0.5, 0.6) is 5.75 Å². The van der Waals surface area contributed by atoms with Crippen molar-refractivity contribution in [3.05, 3.63) is 57.8 Å². The molecule has 0 atom stereocenters. The first-order chi connectivity index (χ1) is 10.1. The number of benzene rings is 1. The van der Waals surface area contributed by atoms with Gasteiger partial charge in [0.15, 0.2) is 0 Å². The largest absolute Gasteiger partial charge is 0.495 e. The Balaban J connectivity index is 2.13. The second-order valence-corrected chi connectivity index (χ2v) is 4.79. The molecule has 0 unspecified atom stereocenters. The van der Waals surface area contributed by atoms with Crippen molar-refractivity contribution in [2.24, 2.45) is 5.10 Å². The molecule has 1 amide bonds. The Morgan fingerprint density at radius 2 is 2.05 bits per heavy atom. The molecular weight excluding hydrogens is 313 g/mol. The fourth-order valence-corrected chi connectivity index (χ4v) is 2.21. The van der Waals surface area contributed by atoms with Crippen LogP contribution in [-0.2, 0) is 0 Å². The molecule has 2 aromatic rings.